The summed E-state index contributed by atoms with van der Waals surface area (Å²) < 4.78 is -0.702. The summed E-state index contributed by atoms with van der Waals surface area (Å²) in [5.74, 6) is -1.31. The molecule has 1 N–H and O–H groups in total. The van der Waals surface area contributed by atoms with E-state index in [9.17, 15) is 19.5 Å². The van der Waals surface area contributed by atoms with Gasteiger partial charge in [0.2, 0.25) is 17.7 Å². The summed E-state index contributed by atoms with van der Waals surface area (Å²) in [5, 5.41) is 9.58. The van der Waals surface area contributed by atoms with Crippen molar-refractivity contribution in [2.45, 2.75) is 93.6 Å². The highest BCUT2D eigenvalue weighted by molar-refractivity contribution is 9.09. The third-order valence-corrected chi connectivity index (χ3v) is 11.5. The Balaban J connectivity index is 2.10. The molecule has 9 heteroatoms. The van der Waals surface area contributed by atoms with Gasteiger partial charge < -0.3 is 19.8 Å². The van der Waals surface area contributed by atoms with E-state index in [4.69, 9.17) is 0 Å². The number of aliphatic hydroxyl groups is 1. The fourth-order valence-corrected chi connectivity index (χ4v) is 11.0. The van der Waals surface area contributed by atoms with Gasteiger partial charge in [-0.25, -0.2) is 0 Å². The van der Waals surface area contributed by atoms with E-state index in [0.717, 1.165) is 12.8 Å². The minimum atomic E-state index is -0.702. The number of halogens is 1. The fraction of sp³-hybridized carbons (Fsp3) is 0.767. The monoisotopic (exact) mass is 625 g/mol. The number of alkyl halides is 1. The maximum Gasteiger partial charge on any atom is 0.247 e. The van der Waals surface area contributed by atoms with Crippen molar-refractivity contribution in [2.24, 2.45) is 17.3 Å². The Labute approximate surface area is 247 Å². The number of likely N-dealkylation sites (tertiary alicyclic amines) is 1. The first-order valence-corrected chi connectivity index (χ1v) is 16.1. The second-order valence-electron chi connectivity index (χ2n) is 13.1. The predicted octanol–water partition coefficient (Wildman–Crippen LogP) is 4.49. The Morgan fingerprint density at radius 3 is 2.36 bits per heavy atom. The molecule has 0 aromatic rings. The van der Waals surface area contributed by atoms with Crippen molar-refractivity contribution in [3.8, 4) is 0 Å². The standard InChI is InChI=1S/C30H48BrN3O4S/c1-9-13-32(14-10-2)25(36)21-22-26(37)33(16-12-17-35)24(30(22)18-20(31)23(21)39-30)27(38)34(15-11-3)29(7,8)19-28(4,5)6/h9,11,20-24,35H,1,3,10,12-19H2,2,4-8H3/t20?,21-,22+,23-,24?,30?/m1/s1. The topological polar surface area (TPSA) is 81.2 Å². The van der Waals surface area contributed by atoms with Crippen LogP contribution < -0.4 is 0 Å². The molecule has 3 unspecified atom stereocenters. The molecule has 1 spiro atoms. The Bertz CT molecular complexity index is 966. The minimum Gasteiger partial charge on any atom is -0.396 e. The Hall–Kier alpha value is -1.32. The normalized spacial score (nSPS) is 29.9. The zero-order valence-corrected chi connectivity index (χ0v) is 27.0. The SMILES string of the molecule is C=CCN(CCC)C(=O)[C@H]1[C@@H]2SC3(CC2Br)C(C(=O)N(CC=C)C(C)(C)CC(C)(C)C)N(CCCO)C(=O)[C@H]13. The number of nitrogens with zero attached hydrogens (tertiary/aromatic N) is 3. The maximum atomic E-state index is 14.7. The van der Waals surface area contributed by atoms with Crippen molar-refractivity contribution >= 4 is 45.4 Å². The molecule has 3 amide bonds. The lowest BCUT2D eigenvalue weighted by molar-refractivity contribution is -0.147. The lowest BCUT2D eigenvalue weighted by atomic mass is 9.70. The van der Waals surface area contributed by atoms with Gasteiger partial charge in [-0.15, -0.1) is 24.9 Å². The third-order valence-electron chi connectivity index (χ3n) is 8.29. The number of aliphatic hydroxyl groups excluding tert-OH is 1. The largest absolute Gasteiger partial charge is 0.396 e. The summed E-state index contributed by atoms with van der Waals surface area (Å²) >= 11 is 5.52. The first-order valence-electron chi connectivity index (χ1n) is 14.3. The fourth-order valence-electron chi connectivity index (χ4n) is 7.41. The summed E-state index contributed by atoms with van der Waals surface area (Å²) in [6, 6.07) is -0.701. The van der Waals surface area contributed by atoms with Gasteiger partial charge in [-0.2, -0.15) is 0 Å². The molecule has 0 saturated carbocycles. The van der Waals surface area contributed by atoms with E-state index in [-0.39, 0.29) is 46.4 Å². The number of thioether (sulfide) groups is 1. The molecular formula is C30H48BrN3O4S. The molecule has 0 aromatic carbocycles. The van der Waals surface area contributed by atoms with E-state index in [1.807, 2.05) is 16.7 Å². The van der Waals surface area contributed by atoms with Gasteiger partial charge in [0, 0.05) is 48.4 Å². The molecule has 39 heavy (non-hydrogen) atoms. The second kappa shape index (κ2) is 12.3. The van der Waals surface area contributed by atoms with Crippen LogP contribution in [-0.2, 0) is 14.4 Å². The molecule has 3 aliphatic rings. The highest BCUT2D eigenvalue weighted by atomic mass is 79.9. The molecule has 3 heterocycles. The quantitative estimate of drug-likeness (QED) is 0.241. The van der Waals surface area contributed by atoms with Gasteiger partial charge in [0.05, 0.1) is 16.6 Å². The van der Waals surface area contributed by atoms with E-state index in [2.05, 4.69) is 63.7 Å². The van der Waals surface area contributed by atoms with E-state index >= 15 is 0 Å². The van der Waals surface area contributed by atoms with Crippen LogP contribution in [0, 0.1) is 17.3 Å². The van der Waals surface area contributed by atoms with Crippen LogP contribution in [0.15, 0.2) is 25.3 Å². The summed E-state index contributed by atoms with van der Waals surface area (Å²) in [6.45, 7) is 22.1. The molecule has 3 aliphatic heterocycles. The molecular weight excluding hydrogens is 578 g/mol. The van der Waals surface area contributed by atoms with Crippen LogP contribution in [0.5, 0.6) is 0 Å². The maximum absolute atomic E-state index is 14.7. The molecule has 3 fully saturated rings. The molecule has 3 rings (SSSR count). The van der Waals surface area contributed by atoms with Gasteiger partial charge in [-0.05, 0) is 44.9 Å². The first-order chi connectivity index (χ1) is 18.2. The number of rotatable bonds is 13. The van der Waals surface area contributed by atoms with E-state index in [1.165, 1.54) is 0 Å². The van der Waals surface area contributed by atoms with Crippen molar-refractivity contribution in [3.63, 3.8) is 0 Å². The van der Waals surface area contributed by atoms with Crippen molar-refractivity contribution in [1.29, 1.82) is 0 Å². The zero-order chi connectivity index (χ0) is 29.3. The van der Waals surface area contributed by atoms with E-state index in [1.54, 1.807) is 28.8 Å². The number of carbonyl (C=O) groups excluding carboxylic acids is 3. The molecule has 0 radical (unpaired) electrons. The average molecular weight is 627 g/mol. The Morgan fingerprint density at radius 2 is 1.82 bits per heavy atom. The highest BCUT2D eigenvalue weighted by Crippen LogP contribution is 2.68. The Kier molecular flexibility index (Phi) is 10.1. The summed E-state index contributed by atoms with van der Waals surface area (Å²) in [4.78, 5) is 48.4. The predicted molar refractivity (Wildman–Crippen MR) is 163 cm³/mol. The highest BCUT2D eigenvalue weighted by Gasteiger charge is 2.76. The average Bonchev–Trinajstić information content (AvgIpc) is 3.42. The lowest BCUT2D eigenvalue weighted by Gasteiger charge is -2.46. The van der Waals surface area contributed by atoms with Crippen molar-refractivity contribution < 1.29 is 19.5 Å². The van der Waals surface area contributed by atoms with Crippen LogP contribution in [-0.4, -0.2) is 96.7 Å². The summed E-state index contributed by atoms with van der Waals surface area (Å²) in [6.07, 6.45) is 6.10. The summed E-state index contributed by atoms with van der Waals surface area (Å²) in [7, 11) is 0. The van der Waals surface area contributed by atoms with Crippen LogP contribution >= 0.6 is 27.7 Å². The van der Waals surface area contributed by atoms with Crippen molar-refractivity contribution in [1.82, 2.24) is 14.7 Å². The summed E-state index contributed by atoms with van der Waals surface area (Å²) in [5.41, 5.74) is -0.491. The number of fused-ring (bicyclic) bond motifs is 1. The van der Waals surface area contributed by atoms with Gasteiger partial charge >= 0.3 is 0 Å². The van der Waals surface area contributed by atoms with E-state index in [0.29, 0.717) is 32.5 Å². The van der Waals surface area contributed by atoms with E-state index < -0.39 is 28.2 Å². The van der Waals surface area contributed by atoms with Gasteiger partial charge in [0.25, 0.3) is 0 Å². The van der Waals surface area contributed by atoms with Crippen LogP contribution in [0.3, 0.4) is 0 Å². The number of hydrogen-bond donors (Lipinski definition) is 1. The Morgan fingerprint density at radius 1 is 1.18 bits per heavy atom. The molecule has 6 atom stereocenters. The van der Waals surface area contributed by atoms with Crippen LogP contribution in [0.1, 0.15) is 67.2 Å². The van der Waals surface area contributed by atoms with Crippen LogP contribution in [0.2, 0.25) is 0 Å². The van der Waals surface area contributed by atoms with Gasteiger partial charge in [0.15, 0.2) is 0 Å². The zero-order valence-electron chi connectivity index (χ0n) is 24.6. The molecule has 0 aliphatic carbocycles. The molecule has 3 saturated heterocycles. The van der Waals surface area contributed by atoms with Gasteiger partial charge in [-0.3, -0.25) is 14.4 Å². The van der Waals surface area contributed by atoms with Gasteiger partial charge in [-0.1, -0.05) is 55.8 Å². The van der Waals surface area contributed by atoms with Crippen LogP contribution in [0.25, 0.3) is 0 Å². The number of hydrogen-bond acceptors (Lipinski definition) is 5. The lowest BCUT2D eigenvalue weighted by Crippen LogP contribution is -2.60. The molecule has 220 valence electrons. The molecule has 2 bridgehead atoms. The number of carbonyl (C=O) groups is 3. The molecule has 0 aromatic heterocycles. The first kappa shape index (κ1) is 32.2. The number of amides is 3. The van der Waals surface area contributed by atoms with Crippen molar-refractivity contribution in [3.05, 3.63) is 25.3 Å². The smallest absolute Gasteiger partial charge is 0.247 e. The van der Waals surface area contributed by atoms with Crippen molar-refractivity contribution in [2.75, 3.05) is 32.8 Å². The third kappa shape index (κ3) is 6.01. The second-order valence-corrected chi connectivity index (χ2v) is 15.8. The molecule has 7 nitrogen and oxygen atoms in total. The van der Waals surface area contributed by atoms with Crippen LogP contribution in [0.4, 0.5) is 0 Å². The minimum absolute atomic E-state index is 0.0149. The van der Waals surface area contributed by atoms with Gasteiger partial charge in [0.1, 0.15) is 6.04 Å².